The Morgan fingerprint density at radius 1 is 1.33 bits per heavy atom. The predicted octanol–water partition coefficient (Wildman–Crippen LogP) is -2.96. The number of carboxylic acid groups (broad SMARTS) is 1. The first-order valence-corrected chi connectivity index (χ1v) is 2.92. The average molecular weight is 170 g/mol. The average Bonchev–Trinajstić information content (AvgIpc) is 2.08. The van der Waals surface area contributed by atoms with Crippen LogP contribution >= 0.6 is 0 Å². The van der Waals surface area contributed by atoms with Crippen molar-refractivity contribution in [1.82, 2.24) is 0 Å². The Morgan fingerprint density at radius 2 is 1.75 bits per heavy atom. The van der Waals surface area contributed by atoms with Gasteiger partial charge in [-0.25, -0.2) is 0 Å². The van der Waals surface area contributed by atoms with Crippen molar-refractivity contribution in [2.24, 2.45) is 0 Å². The maximum Gasteiger partial charge on any atom is 1.00 e. The van der Waals surface area contributed by atoms with Gasteiger partial charge in [0.2, 0.25) is 0 Å². The van der Waals surface area contributed by atoms with Crippen molar-refractivity contribution >= 4 is 6.47 Å². The Balaban J connectivity index is 0. The van der Waals surface area contributed by atoms with Gasteiger partial charge in [-0.3, -0.25) is 0 Å². The zero-order valence-electron chi connectivity index (χ0n) is 6.86. The normalized spacial score (nSPS) is 6.25. The second-order valence-corrected chi connectivity index (χ2v) is 1.61. The smallest absolute Gasteiger partial charge is 0.554 e. The zero-order valence-corrected chi connectivity index (χ0v) is 8.86. The van der Waals surface area contributed by atoms with E-state index in [9.17, 15) is 0 Å². The Labute approximate surface area is 93.9 Å². The topological polar surface area (TPSA) is 40.1 Å². The van der Waals surface area contributed by atoms with E-state index in [4.69, 9.17) is 16.3 Å². The maximum atomic E-state index is 8.25. The molecule has 1 rings (SSSR count). The summed E-state index contributed by atoms with van der Waals surface area (Å²) in [4.78, 5) is 8.25. The molecule has 56 valence electrons. The standard InChI is InChI=1S/C8H6.CH2O2.Na/c1-2-8-6-4-3-5-7-8;2-1-3;/h1,3-7H;1H,(H,2,3);/q;;+1/p-1. The quantitative estimate of drug-likeness (QED) is 0.237. The van der Waals surface area contributed by atoms with Crippen molar-refractivity contribution in [2.45, 2.75) is 0 Å². The van der Waals surface area contributed by atoms with Crippen LogP contribution in [-0.2, 0) is 4.79 Å². The molecular weight excluding hydrogens is 163 g/mol. The van der Waals surface area contributed by atoms with Crippen LogP contribution in [0.2, 0.25) is 0 Å². The third-order valence-electron chi connectivity index (χ3n) is 0.940. The second-order valence-electron chi connectivity index (χ2n) is 1.61. The minimum Gasteiger partial charge on any atom is -0.554 e. The molecule has 1 aromatic carbocycles. The summed E-state index contributed by atoms with van der Waals surface area (Å²) in [6.45, 7) is -0.500. The van der Waals surface area contributed by atoms with Crippen LogP contribution in [-0.4, -0.2) is 6.47 Å². The van der Waals surface area contributed by atoms with Crippen LogP contribution < -0.4 is 34.7 Å². The molecule has 0 aliphatic heterocycles. The molecule has 0 heterocycles. The van der Waals surface area contributed by atoms with Crippen molar-refractivity contribution in [2.75, 3.05) is 0 Å². The van der Waals surface area contributed by atoms with E-state index in [1.54, 1.807) is 0 Å². The van der Waals surface area contributed by atoms with Gasteiger partial charge in [-0.15, -0.1) is 6.42 Å². The van der Waals surface area contributed by atoms with Crippen LogP contribution in [0.3, 0.4) is 0 Å². The molecule has 0 aromatic heterocycles. The SMILES string of the molecule is C#Cc1ccccc1.O=C[O-].[Na+]. The first kappa shape index (κ1) is 13.8. The summed E-state index contributed by atoms with van der Waals surface area (Å²) in [7, 11) is 0. The molecule has 0 spiro atoms. The molecule has 0 bridgehead atoms. The fourth-order valence-corrected chi connectivity index (χ4v) is 0.534. The number of terminal acetylenes is 1. The van der Waals surface area contributed by atoms with E-state index in [1.807, 2.05) is 30.3 Å². The summed E-state index contributed by atoms with van der Waals surface area (Å²) in [6, 6.07) is 9.60. The van der Waals surface area contributed by atoms with Crippen LogP contribution in [0, 0.1) is 12.3 Å². The summed E-state index contributed by atoms with van der Waals surface area (Å²) in [5, 5.41) is 8.25. The Morgan fingerprint density at radius 3 is 2.00 bits per heavy atom. The molecule has 0 amide bonds. The molecule has 0 aliphatic carbocycles. The molecule has 0 N–H and O–H groups in total. The Bertz CT molecular complexity index is 238. The molecule has 0 saturated heterocycles. The summed E-state index contributed by atoms with van der Waals surface area (Å²) in [5.74, 6) is 2.53. The Hall–Kier alpha value is -0.750. The van der Waals surface area contributed by atoms with Crippen LogP contribution in [0.1, 0.15) is 5.56 Å². The van der Waals surface area contributed by atoms with Crippen LogP contribution in [0.25, 0.3) is 0 Å². The molecule has 0 atom stereocenters. The maximum absolute atomic E-state index is 8.25. The molecule has 0 unspecified atom stereocenters. The zero-order chi connectivity index (χ0) is 8.53. The van der Waals surface area contributed by atoms with Gasteiger partial charge in [-0.05, 0) is 12.1 Å². The van der Waals surface area contributed by atoms with Gasteiger partial charge in [0.05, 0.1) is 0 Å². The number of carbonyl (C=O) groups is 1. The van der Waals surface area contributed by atoms with Gasteiger partial charge >= 0.3 is 29.6 Å². The largest absolute Gasteiger partial charge is 1.00 e. The minimum atomic E-state index is -0.500. The number of hydrogen-bond acceptors (Lipinski definition) is 2. The summed E-state index contributed by atoms with van der Waals surface area (Å²) in [5.41, 5.74) is 0.938. The van der Waals surface area contributed by atoms with E-state index in [-0.39, 0.29) is 29.6 Å². The molecule has 2 nitrogen and oxygen atoms in total. The molecule has 0 aliphatic rings. The Kier molecular flexibility index (Phi) is 11.8. The van der Waals surface area contributed by atoms with Gasteiger partial charge in [0.15, 0.2) is 0 Å². The van der Waals surface area contributed by atoms with Crippen molar-refractivity contribution < 1.29 is 39.5 Å². The third kappa shape index (κ3) is 7.36. The first-order valence-electron chi connectivity index (χ1n) is 2.92. The molecule has 12 heavy (non-hydrogen) atoms. The van der Waals surface area contributed by atoms with Gasteiger partial charge in [0.25, 0.3) is 0 Å². The van der Waals surface area contributed by atoms with E-state index >= 15 is 0 Å². The van der Waals surface area contributed by atoms with E-state index in [1.165, 1.54) is 0 Å². The van der Waals surface area contributed by atoms with Crippen molar-refractivity contribution in [3.05, 3.63) is 35.9 Å². The van der Waals surface area contributed by atoms with Gasteiger partial charge in [0.1, 0.15) is 0 Å². The van der Waals surface area contributed by atoms with E-state index in [0.717, 1.165) is 5.56 Å². The van der Waals surface area contributed by atoms with Crippen LogP contribution in [0.4, 0.5) is 0 Å². The van der Waals surface area contributed by atoms with Crippen molar-refractivity contribution in [3.63, 3.8) is 0 Å². The number of hydrogen-bond donors (Lipinski definition) is 0. The third-order valence-corrected chi connectivity index (χ3v) is 0.940. The van der Waals surface area contributed by atoms with Gasteiger partial charge in [-0.1, -0.05) is 24.1 Å². The monoisotopic (exact) mass is 170 g/mol. The summed E-state index contributed by atoms with van der Waals surface area (Å²) < 4.78 is 0. The molecule has 0 fully saturated rings. The van der Waals surface area contributed by atoms with Crippen LogP contribution in [0.15, 0.2) is 30.3 Å². The fraction of sp³-hybridized carbons (Fsp3) is 0. The molecule has 1 aromatic rings. The van der Waals surface area contributed by atoms with Crippen molar-refractivity contribution in [1.29, 1.82) is 0 Å². The number of benzene rings is 1. The molecule has 0 saturated carbocycles. The van der Waals surface area contributed by atoms with Gasteiger partial charge < -0.3 is 9.90 Å². The van der Waals surface area contributed by atoms with E-state index < -0.39 is 6.47 Å². The summed E-state index contributed by atoms with van der Waals surface area (Å²) >= 11 is 0. The van der Waals surface area contributed by atoms with Crippen LogP contribution in [0.5, 0.6) is 0 Å². The molecular formula is C9H7NaO2. The number of carbonyl (C=O) groups excluding carboxylic acids is 1. The van der Waals surface area contributed by atoms with Crippen molar-refractivity contribution in [3.8, 4) is 12.3 Å². The van der Waals surface area contributed by atoms with Gasteiger partial charge in [-0.2, -0.15) is 0 Å². The minimum absolute atomic E-state index is 0. The molecule has 0 radical (unpaired) electrons. The number of rotatable bonds is 0. The van der Waals surface area contributed by atoms with E-state index in [2.05, 4.69) is 5.92 Å². The fourth-order valence-electron chi connectivity index (χ4n) is 0.534. The first-order chi connectivity index (χ1) is 5.35. The molecule has 3 heteroatoms. The predicted molar refractivity (Wildman–Crippen MR) is 40.4 cm³/mol. The second kappa shape index (κ2) is 10.2. The van der Waals surface area contributed by atoms with E-state index in [0.29, 0.717) is 0 Å². The summed E-state index contributed by atoms with van der Waals surface area (Å²) in [6.07, 6.45) is 5.10. The van der Waals surface area contributed by atoms with Gasteiger partial charge in [0, 0.05) is 12.0 Å².